The highest BCUT2D eigenvalue weighted by molar-refractivity contribution is 7.98. The highest BCUT2D eigenvalue weighted by atomic mass is 32.2. The highest BCUT2D eigenvalue weighted by Crippen LogP contribution is 2.24. The number of aryl methyl sites for hydroxylation is 1. The van der Waals surface area contributed by atoms with Gasteiger partial charge in [0.15, 0.2) is 6.61 Å². The van der Waals surface area contributed by atoms with Crippen molar-refractivity contribution in [3.05, 3.63) is 71.7 Å². The molecule has 0 fully saturated rings. The van der Waals surface area contributed by atoms with Crippen LogP contribution < -0.4 is 4.90 Å². The molecule has 172 valence electrons. The van der Waals surface area contributed by atoms with Crippen molar-refractivity contribution in [3.8, 4) is 0 Å². The van der Waals surface area contributed by atoms with E-state index in [9.17, 15) is 14.4 Å². The summed E-state index contributed by atoms with van der Waals surface area (Å²) in [4.78, 5) is 43.0. The SMILES string of the molecule is CCOC(=O)CN(C(=O)COC(=O)c1cccnc1SCc1cc(C)on1)c1ccccc1. The van der Waals surface area contributed by atoms with Gasteiger partial charge in [0.25, 0.3) is 5.91 Å². The lowest BCUT2D eigenvalue weighted by Gasteiger charge is -2.21. The van der Waals surface area contributed by atoms with Crippen LogP contribution in [0.15, 0.2) is 64.3 Å². The first kappa shape index (κ1) is 24.0. The molecule has 0 aliphatic rings. The first-order valence-electron chi connectivity index (χ1n) is 10.2. The topological polar surface area (TPSA) is 112 Å². The van der Waals surface area contributed by atoms with Crippen LogP contribution in [0.5, 0.6) is 0 Å². The van der Waals surface area contributed by atoms with E-state index in [-0.39, 0.29) is 18.7 Å². The molecule has 2 heterocycles. The Morgan fingerprint density at radius 2 is 1.88 bits per heavy atom. The van der Waals surface area contributed by atoms with Gasteiger partial charge >= 0.3 is 11.9 Å². The summed E-state index contributed by atoms with van der Waals surface area (Å²) in [5, 5.41) is 4.37. The number of carbonyl (C=O) groups is 3. The summed E-state index contributed by atoms with van der Waals surface area (Å²) in [5.74, 6) is -0.668. The minimum atomic E-state index is -0.695. The lowest BCUT2D eigenvalue weighted by Crippen LogP contribution is -2.39. The van der Waals surface area contributed by atoms with Crippen molar-refractivity contribution in [2.75, 3.05) is 24.7 Å². The Bertz CT molecular complexity index is 1100. The molecule has 33 heavy (non-hydrogen) atoms. The van der Waals surface area contributed by atoms with Crippen molar-refractivity contribution in [2.45, 2.75) is 24.6 Å². The summed E-state index contributed by atoms with van der Waals surface area (Å²) >= 11 is 1.30. The van der Waals surface area contributed by atoms with Gasteiger partial charge in [0.1, 0.15) is 17.3 Å². The predicted octanol–water partition coefficient (Wildman–Crippen LogP) is 3.42. The number of nitrogens with zero attached hydrogens (tertiary/aromatic N) is 3. The van der Waals surface area contributed by atoms with E-state index >= 15 is 0 Å². The number of para-hydroxylation sites is 1. The second-order valence-electron chi connectivity index (χ2n) is 6.77. The summed E-state index contributed by atoms with van der Waals surface area (Å²) in [6.07, 6.45) is 1.56. The molecule has 10 heteroatoms. The van der Waals surface area contributed by atoms with Gasteiger partial charge in [-0.25, -0.2) is 9.78 Å². The van der Waals surface area contributed by atoms with E-state index in [2.05, 4.69) is 10.1 Å². The van der Waals surface area contributed by atoms with Crippen molar-refractivity contribution in [1.29, 1.82) is 0 Å². The van der Waals surface area contributed by atoms with Crippen LogP contribution in [0.2, 0.25) is 0 Å². The Morgan fingerprint density at radius 1 is 1.09 bits per heavy atom. The lowest BCUT2D eigenvalue weighted by molar-refractivity contribution is -0.142. The van der Waals surface area contributed by atoms with Gasteiger partial charge in [-0.1, -0.05) is 35.1 Å². The first-order valence-corrected chi connectivity index (χ1v) is 11.1. The van der Waals surface area contributed by atoms with E-state index in [1.807, 2.05) is 0 Å². The molecule has 0 radical (unpaired) electrons. The van der Waals surface area contributed by atoms with E-state index in [1.54, 1.807) is 68.6 Å². The number of hydrogen-bond acceptors (Lipinski definition) is 9. The zero-order valence-electron chi connectivity index (χ0n) is 18.2. The molecule has 0 atom stereocenters. The fraction of sp³-hybridized carbons (Fsp3) is 0.261. The number of anilines is 1. The highest BCUT2D eigenvalue weighted by Gasteiger charge is 2.22. The number of carbonyl (C=O) groups excluding carboxylic acids is 3. The van der Waals surface area contributed by atoms with Crippen LogP contribution in [0.1, 0.15) is 28.7 Å². The fourth-order valence-corrected chi connectivity index (χ4v) is 3.70. The van der Waals surface area contributed by atoms with Gasteiger partial charge in [-0.2, -0.15) is 0 Å². The number of hydrogen-bond donors (Lipinski definition) is 0. The van der Waals surface area contributed by atoms with Crippen molar-refractivity contribution < 1.29 is 28.4 Å². The molecule has 0 spiro atoms. The van der Waals surface area contributed by atoms with Gasteiger partial charge in [0.05, 0.1) is 17.9 Å². The third-order valence-corrected chi connectivity index (χ3v) is 5.35. The van der Waals surface area contributed by atoms with Gasteiger partial charge in [0, 0.05) is 23.7 Å². The zero-order valence-corrected chi connectivity index (χ0v) is 19.0. The van der Waals surface area contributed by atoms with Crippen molar-refractivity contribution in [2.24, 2.45) is 0 Å². The molecule has 0 bridgehead atoms. The van der Waals surface area contributed by atoms with Crippen LogP contribution in [0, 0.1) is 6.92 Å². The molecule has 1 aromatic carbocycles. The molecule has 0 saturated heterocycles. The molecule has 3 aromatic rings. The van der Waals surface area contributed by atoms with Gasteiger partial charge < -0.3 is 14.0 Å². The maximum absolute atomic E-state index is 12.8. The predicted molar refractivity (Wildman–Crippen MR) is 121 cm³/mol. The molecule has 0 aliphatic heterocycles. The first-order chi connectivity index (χ1) is 16.0. The molecular weight excluding hydrogens is 446 g/mol. The Morgan fingerprint density at radius 3 is 2.58 bits per heavy atom. The standard InChI is InChI=1S/C23H23N3O6S/c1-3-30-21(28)13-26(18-8-5-4-6-9-18)20(27)14-31-23(29)19-10-7-11-24-22(19)33-15-17-12-16(2)32-25-17/h4-12H,3,13-15H2,1-2H3. The molecule has 0 saturated carbocycles. The van der Waals surface area contributed by atoms with E-state index in [1.165, 1.54) is 16.7 Å². The third kappa shape index (κ3) is 6.91. The average Bonchev–Trinajstić information content (AvgIpc) is 3.25. The average molecular weight is 470 g/mol. The Hall–Kier alpha value is -3.66. The van der Waals surface area contributed by atoms with Crippen LogP contribution >= 0.6 is 11.8 Å². The van der Waals surface area contributed by atoms with Gasteiger partial charge in [-0.05, 0) is 38.1 Å². The maximum atomic E-state index is 12.8. The van der Waals surface area contributed by atoms with E-state index in [0.717, 1.165) is 5.69 Å². The molecule has 0 N–H and O–H groups in total. The Labute approximate surface area is 195 Å². The fourth-order valence-electron chi connectivity index (χ4n) is 2.84. The van der Waals surface area contributed by atoms with E-state index in [0.29, 0.717) is 22.2 Å². The van der Waals surface area contributed by atoms with E-state index < -0.39 is 24.5 Å². The smallest absolute Gasteiger partial charge is 0.341 e. The maximum Gasteiger partial charge on any atom is 0.341 e. The number of amides is 1. The number of ether oxygens (including phenoxy) is 2. The zero-order chi connectivity index (χ0) is 23.6. The number of benzene rings is 1. The second-order valence-corrected chi connectivity index (χ2v) is 7.73. The number of aromatic nitrogens is 2. The second kappa shape index (κ2) is 11.8. The molecule has 1 amide bonds. The van der Waals surface area contributed by atoms with Crippen LogP contribution in [0.4, 0.5) is 5.69 Å². The van der Waals surface area contributed by atoms with Crippen LogP contribution in [0.3, 0.4) is 0 Å². The van der Waals surface area contributed by atoms with Gasteiger partial charge in [-0.15, -0.1) is 0 Å². The molecule has 3 rings (SSSR count). The van der Waals surface area contributed by atoms with Crippen LogP contribution in [-0.2, 0) is 24.8 Å². The summed E-state index contributed by atoms with van der Waals surface area (Å²) in [6, 6.07) is 13.6. The number of pyridine rings is 1. The summed E-state index contributed by atoms with van der Waals surface area (Å²) in [6.45, 7) is 2.83. The summed E-state index contributed by atoms with van der Waals surface area (Å²) in [7, 11) is 0. The molecule has 2 aromatic heterocycles. The van der Waals surface area contributed by atoms with Crippen LogP contribution in [0.25, 0.3) is 0 Å². The molecular formula is C23H23N3O6S. The number of rotatable bonds is 10. The number of esters is 2. The Balaban J connectivity index is 1.66. The monoisotopic (exact) mass is 469 g/mol. The minimum Gasteiger partial charge on any atom is -0.465 e. The van der Waals surface area contributed by atoms with Gasteiger partial charge in [0.2, 0.25) is 0 Å². The summed E-state index contributed by atoms with van der Waals surface area (Å²) < 4.78 is 15.3. The summed E-state index contributed by atoms with van der Waals surface area (Å²) in [5.41, 5.74) is 1.44. The molecule has 0 aliphatic carbocycles. The van der Waals surface area contributed by atoms with E-state index in [4.69, 9.17) is 14.0 Å². The van der Waals surface area contributed by atoms with Crippen molar-refractivity contribution in [3.63, 3.8) is 0 Å². The van der Waals surface area contributed by atoms with Crippen molar-refractivity contribution >= 4 is 35.3 Å². The number of thioether (sulfide) groups is 1. The normalized spacial score (nSPS) is 10.5. The van der Waals surface area contributed by atoms with Crippen molar-refractivity contribution in [1.82, 2.24) is 10.1 Å². The molecule has 9 nitrogen and oxygen atoms in total. The quantitative estimate of drug-likeness (QED) is 0.326. The Kier molecular flexibility index (Phi) is 8.59. The largest absolute Gasteiger partial charge is 0.465 e. The third-order valence-electron chi connectivity index (χ3n) is 4.31. The minimum absolute atomic E-state index is 0.194. The lowest BCUT2D eigenvalue weighted by atomic mass is 10.2. The van der Waals surface area contributed by atoms with Crippen LogP contribution in [-0.4, -0.2) is 47.7 Å². The molecule has 0 unspecified atom stereocenters. The van der Waals surface area contributed by atoms with Gasteiger partial charge in [-0.3, -0.25) is 14.5 Å².